The van der Waals surface area contributed by atoms with E-state index in [1.54, 1.807) is 13.4 Å². The molecule has 0 aliphatic heterocycles. The van der Waals surface area contributed by atoms with Crippen molar-refractivity contribution in [2.45, 2.75) is 32.2 Å². The van der Waals surface area contributed by atoms with Crippen LogP contribution in [0.3, 0.4) is 0 Å². The topological polar surface area (TPSA) is 42.6 Å². The summed E-state index contributed by atoms with van der Waals surface area (Å²) in [6.45, 7) is 6.48. The van der Waals surface area contributed by atoms with Crippen LogP contribution in [-0.2, 0) is 6.42 Å². The molecule has 1 N–H and O–H groups in total. The van der Waals surface area contributed by atoms with Crippen molar-refractivity contribution < 1.29 is 14.3 Å². The molecule has 2 aromatic rings. The molecule has 2 rings (SSSR count). The quantitative estimate of drug-likeness (QED) is 0.696. The predicted octanol–water partition coefficient (Wildman–Crippen LogP) is 3.23. The van der Waals surface area contributed by atoms with Gasteiger partial charge in [0.15, 0.2) is 11.3 Å². The third-order valence-electron chi connectivity index (χ3n) is 2.92. The zero-order chi connectivity index (χ0) is 14.8. The number of hydrogen-bond acceptors (Lipinski definition) is 3. The molecule has 0 saturated heterocycles. The predicted molar refractivity (Wildman–Crippen MR) is 83.6 cm³/mol. The van der Waals surface area contributed by atoms with Gasteiger partial charge in [-0.1, -0.05) is 31.6 Å². The highest BCUT2D eigenvalue weighted by atomic mass is 28.3. The van der Waals surface area contributed by atoms with Crippen LogP contribution in [0.2, 0.25) is 19.6 Å². The first-order valence-electron chi connectivity index (χ1n) is 6.64. The van der Waals surface area contributed by atoms with E-state index in [4.69, 9.17) is 9.15 Å². The molecule has 106 valence electrons. The Morgan fingerprint density at radius 3 is 2.70 bits per heavy atom. The summed E-state index contributed by atoms with van der Waals surface area (Å²) in [5.74, 6) is 3.67. The lowest BCUT2D eigenvalue weighted by molar-refractivity contribution is 0.234. The highest BCUT2D eigenvalue weighted by Crippen LogP contribution is 2.29. The molecule has 3 nitrogen and oxygen atoms in total. The third kappa shape index (κ3) is 3.44. The maximum Gasteiger partial charge on any atom is 0.175 e. The fraction of sp³-hybridized carbons (Fsp3) is 0.375. The van der Waals surface area contributed by atoms with Gasteiger partial charge in [-0.25, -0.2) is 0 Å². The van der Waals surface area contributed by atoms with E-state index < -0.39 is 14.2 Å². The van der Waals surface area contributed by atoms with Crippen molar-refractivity contribution >= 4 is 19.0 Å². The standard InChI is InChI=1S/C16H20O3Si/c1-18-15-6-5-12(14-7-9-19-16(14)15)11-13(17)8-10-20(2,3)4/h5-7,9,13,17H,11H2,1-4H3. The number of hydrogen-bond donors (Lipinski definition) is 1. The normalized spacial score (nSPS) is 12.8. The number of rotatable bonds is 3. The summed E-state index contributed by atoms with van der Waals surface area (Å²) in [5, 5.41) is 11.0. The molecule has 1 atom stereocenters. The van der Waals surface area contributed by atoms with Gasteiger partial charge in [-0.15, -0.1) is 5.54 Å². The molecule has 0 saturated carbocycles. The summed E-state index contributed by atoms with van der Waals surface area (Å²) < 4.78 is 10.7. The molecular weight excluding hydrogens is 268 g/mol. The number of aliphatic hydroxyl groups excluding tert-OH is 1. The van der Waals surface area contributed by atoms with Crippen LogP contribution >= 0.6 is 0 Å². The third-order valence-corrected chi connectivity index (χ3v) is 3.81. The van der Waals surface area contributed by atoms with Gasteiger partial charge in [-0.05, 0) is 17.7 Å². The average Bonchev–Trinajstić information content (AvgIpc) is 2.85. The number of benzene rings is 1. The van der Waals surface area contributed by atoms with Crippen LogP contribution in [0.1, 0.15) is 5.56 Å². The molecule has 0 aliphatic rings. The Morgan fingerprint density at radius 1 is 1.30 bits per heavy atom. The van der Waals surface area contributed by atoms with Crippen molar-refractivity contribution in [1.82, 2.24) is 0 Å². The Balaban J connectivity index is 2.26. The van der Waals surface area contributed by atoms with Gasteiger partial charge in [-0.3, -0.25) is 0 Å². The molecule has 0 amide bonds. The van der Waals surface area contributed by atoms with E-state index in [-0.39, 0.29) is 0 Å². The Morgan fingerprint density at radius 2 is 2.05 bits per heavy atom. The van der Waals surface area contributed by atoms with Crippen molar-refractivity contribution in [2.24, 2.45) is 0 Å². The molecule has 0 fully saturated rings. The van der Waals surface area contributed by atoms with Crippen LogP contribution in [0.25, 0.3) is 11.0 Å². The molecule has 4 heteroatoms. The van der Waals surface area contributed by atoms with Gasteiger partial charge in [0.25, 0.3) is 0 Å². The number of furan rings is 1. The highest BCUT2D eigenvalue weighted by molar-refractivity contribution is 6.83. The number of aliphatic hydroxyl groups is 1. The average molecular weight is 288 g/mol. The smallest absolute Gasteiger partial charge is 0.175 e. The van der Waals surface area contributed by atoms with Crippen LogP contribution in [0.5, 0.6) is 5.75 Å². The second-order valence-electron chi connectivity index (χ2n) is 5.83. The molecule has 0 bridgehead atoms. The van der Waals surface area contributed by atoms with Crippen molar-refractivity contribution in [3.05, 3.63) is 30.0 Å². The van der Waals surface area contributed by atoms with Gasteiger partial charge in [0.05, 0.1) is 13.4 Å². The molecule has 0 radical (unpaired) electrons. The first-order valence-corrected chi connectivity index (χ1v) is 10.1. The van der Waals surface area contributed by atoms with Gasteiger partial charge in [0.2, 0.25) is 0 Å². The van der Waals surface area contributed by atoms with E-state index in [1.807, 2.05) is 18.2 Å². The van der Waals surface area contributed by atoms with Crippen LogP contribution in [0.15, 0.2) is 28.9 Å². The van der Waals surface area contributed by atoms with E-state index in [0.717, 1.165) is 16.5 Å². The molecule has 1 unspecified atom stereocenters. The van der Waals surface area contributed by atoms with E-state index in [9.17, 15) is 5.11 Å². The second kappa shape index (κ2) is 5.74. The lowest BCUT2D eigenvalue weighted by Crippen LogP contribution is -2.18. The maximum atomic E-state index is 10.1. The monoisotopic (exact) mass is 288 g/mol. The molecule has 1 aromatic carbocycles. The van der Waals surface area contributed by atoms with Gasteiger partial charge in [-0.2, -0.15) is 0 Å². The molecular formula is C16H20O3Si. The minimum Gasteiger partial charge on any atom is -0.493 e. The van der Waals surface area contributed by atoms with Gasteiger partial charge in [0, 0.05) is 11.8 Å². The Bertz CT molecular complexity index is 656. The van der Waals surface area contributed by atoms with E-state index in [0.29, 0.717) is 12.2 Å². The largest absolute Gasteiger partial charge is 0.493 e. The SMILES string of the molecule is COc1ccc(CC(O)C#C[Si](C)(C)C)c2ccoc12. The van der Waals surface area contributed by atoms with Crippen LogP contribution < -0.4 is 4.74 Å². The number of ether oxygens (including phenoxy) is 1. The number of methoxy groups -OCH3 is 1. The van der Waals surface area contributed by atoms with Crippen molar-refractivity contribution in [2.75, 3.05) is 7.11 Å². The molecule has 0 aliphatic carbocycles. The summed E-state index contributed by atoms with van der Waals surface area (Å²) in [6, 6.07) is 5.71. The first-order chi connectivity index (χ1) is 9.40. The van der Waals surface area contributed by atoms with Crippen LogP contribution in [0, 0.1) is 11.5 Å². The summed E-state index contributed by atoms with van der Waals surface area (Å²) in [7, 11) is 0.164. The van der Waals surface area contributed by atoms with Crippen LogP contribution in [-0.4, -0.2) is 26.4 Å². The van der Waals surface area contributed by atoms with Gasteiger partial charge >= 0.3 is 0 Å². The zero-order valence-electron chi connectivity index (χ0n) is 12.4. The molecule has 20 heavy (non-hydrogen) atoms. The minimum atomic E-state index is -1.45. The molecule has 1 aromatic heterocycles. The first kappa shape index (κ1) is 14.7. The Hall–Kier alpha value is -1.70. The van der Waals surface area contributed by atoms with E-state index in [1.165, 1.54) is 0 Å². The Kier molecular flexibility index (Phi) is 4.22. The lowest BCUT2D eigenvalue weighted by Gasteiger charge is -2.09. The van der Waals surface area contributed by atoms with Gasteiger partial charge < -0.3 is 14.3 Å². The van der Waals surface area contributed by atoms with Gasteiger partial charge in [0.1, 0.15) is 14.2 Å². The van der Waals surface area contributed by atoms with Crippen LogP contribution in [0.4, 0.5) is 0 Å². The minimum absolute atomic E-state index is 0.498. The zero-order valence-corrected chi connectivity index (χ0v) is 13.4. The maximum absolute atomic E-state index is 10.1. The lowest BCUT2D eigenvalue weighted by atomic mass is 10.0. The number of fused-ring (bicyclic) bond motifs is 1. The summed E-state index contributed by atoms with van der Waals surface area (Å²) in [4.78, 5) is 0. The van der Waals surface area contributed by atoms with E-state index >= 15 is 0 Å². The van der Waals surface area contributed by atoms with E-state index in [2.05, 4.69) is 31.1 Å². The fourth-order valence-corrected chi connectivity index (χ4v) is 2.59. The second-order valence-corrected chi connectivity index (χ2v) is 10.6. The highest BCUT2D eigenvalue weighted by Gasteiger charge is 2.13. The summed E-state index contributed by atoms with van der Waals surface area (Å²) in [5.41, 5.74) is 4.94. The Labute approximate surface area is 120 Å². The molecule has 1 heterocycles. The van der Waals surface area contributed by atoms with Crippen molar-refractivity contribution in [3.63, 3.8) is 0 Å². The summed E-state index contributed by atoms with van der Waals surface area (Å²) in [6.07, 6.45) is 1.49. The van der Waals surface area contributed by atoms with Crippen molar-refractivity contribution in [3.8, 4) is 17.2 Å². The molecule has 0 spiro atoms. The fourth-order valence-electron chi connectivity index (χ4n) is 1.99. The summed E-state index contributed by atoms with van der Waals surface area (Å²) >= 11 is 0. The van der Waals surface area contributed by atoms with Crippen molar-refractivity contribution in [1.29, 1.82) is 0 Å².